The molecule has 1 rings (SSSR count). The minimum Gasteiger partial charge on any atom is -0.353 e. The Bertz CT molecular complexity index is 475. The molecule has 112 valence electrons. The molecule has 0 heterocycles. The van der Waals surface area contributed by atoms with E-state index in [9.17, 15) is 18.0 Å². The van der Waals surface area contributed by atoms with Gasteiger partial charge in [-0.1, -0.05) is 39.0 Å². The van der Waals surface area contributed by atoms with E-state index in [1.54, 1.807) is 0 Å². The lowest BCUT2D eigenvalue weighted by Crippen LogP contribution is -2.42. The summed E-state index contributed by atoms with van der Waals surface area (Å²) in [6.45, 7) is 7.84. The Morgan fingerprint density at radius 3 is 2.35 bits per heavy atom. The second-order valence-corrected chi connectivity index (χ2v) is 6.03. The molecule has 20 heavy (non-hydrogen) atoms. The van der Waals surface area contributed by atoms with Crippen molar-refractivity contribution < 1.29 is 18.0 Å². The van der Waals surface area contributed by atoms with E-state index in [2.05, 4.69) is 5.32 Å². The molecule has 2 nitrogen and oxygen atoms in total. The topological polar surface area (TPSA) is 29.1 Å². The highest BCUT2D eigenvalue weighted by Crippen LogP contribution is 2.29. The molecule has 1 atom stereocenters. The van der Waals surface area contributed by atoms with Gasteiger partial charge in [0.2, 0.25) is 5.91 Å². The van der Waals surface area contributed by atoms with Crippen molar-refractivity contribution in [3.63, 3.8) is 0 Å². The molecular weight excluding hydrogens is 267 g/mol. The summed E-state index contributed by atoms with van der Waals surface area (Å²) in [5, 5.41) is 2.81. The van der Waals surface area contributed by atoms with E-state index >= 15 is 0 Å². The molecule has 0 aliphatic rings. The maximum absolute atomic E-state index is 12.6. The number of alkyl halides is 3. The molecule has 5 heteroatoms. The van der Waals surface area contributed by atoms with Crippen molar-refractivity contribution >= 4 is 5.91 Å². The van der Waals surface area contributed by atoms with Gasteiger partial charge in [-0.2, -0.15) is 13.2 Å². The van der Waals surface area contributed by atoms with Crippen molar-refractivity contribution in [2.24, 2.45) is 5.41 Å². The number of benzene rings is 1. The first-order chi connectivity index (χ1) is 9.00. The summed E-state index contributed by atoms with van der Waals surface area (Å²) in [6.07, 6.45) is -4.43. The molecule has 1 unspecified atom stereocenters. The number of carbonyl (C=O) groups excluding carboxylic acids is 1. The minimum absolute atomic E-state index is 0.0513. The van der Waals surface area contributed by atoms with Gasteiger partial charge < -0.3 is 5.32 Å². The Morgan fingerprint density at radius 1 is 1.25 bits per heavy atom. The summed E-state index contributed by atoms with van der Waals surface area (Å²) in [5.41, 5.74) is -0.464. The van der Waals surface area contributed by atoms with E-state index in [4.69, 9.17) is 0 Å². The zero-order valence-corrected chi connectivity index (χ0v) is 12.1. The fraction of sp³-hybridized carbons (Fsp3) is 0.533. The number of rotatable bonds is 3. The molecule has 1 aromatic rings. The van der Waals surface area contributed by atoms with Crippen LogP contribution in [0.5, 0.6) is 0 Å². The van der Waals surface area contributed by atoms with Gasteiger partial charge >= 0.3 is 6.18 Å². The molecule has 0 spiro atoms. The monoisotopic (exact) mass is 287 g/mol. The Morgan fingerprint density at radius 2 is 1.85 bits per heavy atom. The molecule has 1 N–H and O–H groups in total. The van der Waals surface area contributed by atoms with Crippen LogP contribution in [-0.2, 0) is 17.4 Å². The van der Waals surface area contributed by atoms with Gasteiger partial charge in [-0.3, -0.25) is 4.79 Å². The standard InChI is InChI=1S/C15H20F3NO/c1-10(14(2,3)4)19-13(20)9-11-6-5-7-12(8-11)15(16,17)18/h5-8,10H,9H2,1-4H3,(H,19,20). The number of hydrogen-bond donors (Lipinski definition) is 1. The number of hydrogen-bond acceptors (Lipinski definition) is 1. The lowest BCUT2D eigenvalue weighted by atomic mass is 9.88. The number of nitrogens with one attached hydrogen (secondary N) is 1. The summed E-state index contributed by atoms with van der Waals surface area (Å²) in [4.78, 5) is 11.8. The average Bonchev–Trinajstić information content (AvgIpc) is 2.26. The Balaban J connectivity index is 2.72. The van der Waals surface area contributed by atoms with Crippen molar-refractivity contribution in [2.75, 3.05) is 0 Å². The van der Waals surface area contributed by atoms with Crippen molar-refractivity contribution in [3.8, 4) is 0 Å². The van der Waals surface area contributed by atoms with Gasteiger partial charge in [0.15, 0.2) is 0 Å². The van der Waals surface area contributed by atoms with Crippen molar-refractivity contribution in [3.05, 3.63) is 35.4 Å². The molecule has 0 fully saturated rings. The normalized spacial score (nSPS) is 13.9. The summed E-state index contributed by atoms with van der Waals surface area (Å²) < 4.78 is 37.7. The average molecular weight is 287 g/mol. The summed E-state index contributed by atoms with van der Waals surface area (Å²) >= 11 is 0. The first-order valence-electron chi connectivity index (χ1n) is 6.45. The van der Waals surface area contributed by atoms with Crippen LogP contribution < -0.4 is 5.32 Å². The van der Waals surface area contributed by atoms with Crippen LogP contribution in [0.25, 0.3) is 0 Å². The predicted octanol–water partition coefficient (Wildman–Crippen LogP) is 3.80. The maximum Gasteiger partial charge on any atom is 0.416 e. The zero-order valence-electron chi connectivity index (χ0n) is 12.1. The van der Waals surface area contributed by atoms with E-state index in [0.717, 1.165) is 12.1 Å². The quantitative estimate of drug-likeness (QED) is 0.900. The number of amides is 1. The molecule has 0 saturated heterocycles. The molecule has 0 radical (unpaired) electrons. The third-order valence-corrected chi connectivity index (χ3v) is 3.30. The van der Waals surface area contributed by atoms with Crippen LogP contribution in [-0.4, -0.2) is 11.9 Å². The zero-order chi connectivity index (χ0) is 15.6. The summed E-state index contributed by atoms with van der Waals surface area (Å²) in [5.74, 6) is -0.272. The van der Waals surface area contributed by atoms with Gasteiger partial charge in [0.25, 0.3) is 0 Å². The van der Waals surface area contributed by atoms with Gasteiger partial charge in [-0.15, -0.1) is 0 Å². The highest BCUT2D eigenvalue weighted by Gasteiger charge is 2.30. The Kier molecular flexibility index (Phi) is 4.84. The van der Waals surface area contributed by atoms with E-state index in [1.807, 2.05) is 27.7 Å². The Hall–Kier alpha value is -1.52. The molecule has 0 aliphatic carbocycles. The van der Waals surface area contributed by atoms with Gasteiger partial charge in [0.05, 0.1) is 12.0 Å². The summed E-state index contributed by atoms with van der Waals surface area (Å²) in [6, 6.07) is 4.80. The second kappa shape index (κ2) is 5.85. The highest BCUT2D eigenvalue weighted by molar-refractivity contribution is 5.78. The van der Waals surface area contributed by atoms with E-state index < -0.39 is 11.7 Å². The van der Waals surface area contributed by atoms with Crippen LogP contribution in [0.3, 0.4) is 0 Å². The molecule has 1 amide bonds. The predicted molar refractivity (Wildman–Crippen MR) is 72.2 cm³/mol. The minimum atomic E-state index is -4.38. The fourth-order valence-electron chi connectivity index (χ4n) is 1.55. The highest BCUT2D eigenvalue weighted by atomic mass is 19.4. The van der Waals surface area contributed by atoms with Gasteiger partial charge in [0.1, 0.15) is 0 Å². The van der Waals surface area contributed by atoms with Crippen LogP contribution in [0.15, 0.2) is 24.3 Å². The van der Waals surface area contributed by atoms with Gasteiger partial charge in [-0.25, -0.2) is 0 Å². The third kappa shape index (κ3) is 4.87. The fourth-order valence-corrected chi connectivity index (χ4v) is 1.55. The molecule has 0 aliphatic heterocycles. The lowest BCUT2D eigenvalue weighted by molar-refractivity contribution is -0.137. The SMILES string of the molecule is CC(NC(=O)Cc1cccc(C(F)(F)F)c1)C(C)(C)C. The second-order valence-electron chi connectivity index (χ2n) is 6.03. The maximum atomic E-state index is 12.6. The molecule has 0 saturated carbocycles. The van der Waals surface area contributed by atoms with Crippen molar-refractivity contribution in [2.45, 2.75) is 46.3 Å². The molecule has 0 aromatic heterocycles. The van der Waals surface area contributed by atoms with Crippen LogP contribution in [0.4, 0.5) is 13.2 Å². The molecule has 1 aromatic carbocycles. The molecular formula is C15H20F3NO. The van der Waals surface area contributed by atoms with Crippen LogP contribution in [0.1, 0.15) is 38.8 Å². The number of halogens is 3. The van der Waals surface area contributed by atoms with Gasteiger partial charge in [0, 0.05) is 6.04 Å². The van der Waals surface area contributed by atoms with Crippen LogP contribution in [0, 0.1) is 5.41 Å². The largest absolute Gasteiger partial charge is 0.416 e. The molecule has 0 bridgehead atoms. The first kappa shape index (κ1) is 16.5. The van der Waals surface area contributed by atoms with E-state index in [1.165, 1.54) is 12.1 Å². The Labute approximate surface area is 117 Å². The van der Waals surface area contributed by atoms with Gasteiger partial charge in [-0.05, 0) is 24.0 Å². The summed E-state index contributed by atoms with van der Waals surface area (Å²) in [7, 11) is 0. The van der Waals surface area contributed by atoms with Crippen LogP contribution in [0.2, 0.25) is 0 Å². The van der Waals surface area contributed by atoms with E-state index in [0.29, 0.717) is 5.56 Å². The number of carbonyl (C=O) groups is 1. The van der Waals surface area contributed by atoms with Crippen molar-refractivity contribution in [1.82, 2.24) is 5.32 Å². The van der Waals surface area contributed by atoms with Crippen molar-refractivity contribution in [1.29, 1.82) is 0 Å². The lowest BCUT2D eigenvalue weighted by Gasteiger charge is -2.28. The van der Waals surface area contributed by atoms with E-state index in [-0.39, 0.29) is 23.8 Å². The third-order valence-electron chi connectivity index (χ3n) is 3.30. The first-order valence-corrected chi connectivity index (χ1v) is 6.45. The van der Waals surface area contributed by atoms with Crippen LogP contribution >= 0.6 is 0 Å². The smallest absolute Gasteiger partial charge is 0.353 e.